The first kappa shape index (κ1) is 14.4. The Hall–Kier alpha value is -2.59. The van der Waals surface area contributed by atoms with Crippen molar-refractivity contribution in [2.45, 2.75) is 6.54 Å². The summed E-state index contributed by atoms with van der Waals surface area (Å²) in [5, 5.41) is 15.5. The van der Waals surface area contributed by atoms with E-state index in [-0.39, 0.29) is 5.75 Å². The third-order valence-corrected chi connectivity index (χ3v) is 3.43. The monoisotopic (exact) mass is 310 g/mol. The van der Waals surface area contributed by atoms with Gasteiger partial charge in [0.05, 0.1) is 0 Å². The van der Waals surface area contributed by atoms with E-state index in [1.807, 2.05) is 30.3 Å². The van der Waals surface area contributed by atoms with Gasteiger partial charge in [0, 0.05) is 35.1 Å². The lowest BCUT2D eigenvalue weighted by molar-refractivity contribution is 0.356. The van der Waals surface area contributed by atoms with Crippen LogP contribution in [0.5, 0.6) is 5.75 Å². The van der Waals surface area contributed by atoms with Crippen LogP contribution in [0.1, 0.15) is 5.56 Å². The van der Waals surface area contributed by atoms with Crippen LogP contribution in [-0.4, -0.2) is 9.97 Å². The van der Waals surface area contributed by atoms with Crippen molar-refractivity contribution in [2.24, 2.45) is 0 Å². The number of hydrogen-bond donors (Lipinski definition) is 1. The molecular formula is C17H13ClN3O. The smallest absolute Gasteiger partial charge is 0.222 e. The fourth-order valence-corrected chi connectivity index (χ4v) is 2.24. The standard InChI is InChI=1S/C17H13ClN3O/c18-14-6-7-16(22)15(8-14)13-10-20-17(21-11-13)19-9-12-4-2-1-3-5-12/h1-8,10-11H,9H2,(H,19,20,21). The first-order chi connectivity index (χ1) is 10.7. The highest BCUT2D eigenvalue weighted by atomic mass is 35.5. The molecule has 22 heavy (non-hydrogen) atoms. The van der Waals surface area contributed by atoms with Crippen molar-refractivity contribution in [1.29, 1.82) is 0 Å². The van der Waals surface area contributed by atoms with Gasteiger partial charge < -0.3 is 5.32 Å². The Bertz CT molecular complexity index is 761. The van der Waals surface area contributed by atoms with Crippen LogP contribution in [0.3, 0.4) is 0 Å². The van der Waals surface area contributed by atoms with Gasteiger partial charge in [-0.25, -0.2) is 9.97 Å². The second-order valence-electron chi connectivity index (χ2n) is 4.77. The van der Waals surface area contributed by atoms with E-state index in [9.17, 15) is 5.11 Å². The van der Waals surface area contributed by atoms with Crippen molar-refractivity contribution < 1.29 is 5.11 Å². The molecule has 0 aliphatic heterocycles. The van der Waals surface area contributed by atoms with Crippen LogP contribution in [0.2, 0.25) is 5.02 Å². The average molecular weight is 311 g/mol. The SMILES string of the molecule is [O]c1ccc(Cl)cc1-c1cnc(NCc2ccccc2)nc1. The number of nitrogens with one attached hydrogen (secondary N) is 1. The summed E-state index contributed by atoms with van der Waals surface area (Å²) in [5.74, 6) is 0.417. The van der Waals surface area contributed by atoms with Gasteiger partial charge in [0.2, 0.25) is 5.95 Å². The number of hydrogen-bond acceptors (Lipinski definition) is 3. The van der Waals surface area contributed by atoms with Crippen molar-refractivity contribution in [2.75, 3.05) is 5.32 Å². The second-order valence-corrected chi connectivity index (χ2v) is 5.21. The number of halogens is 1. The van der Waals surface area contributed by atoms with Crippen molar-refractivity contribution in [3.8, 4) is 16.9 Å². The third-order valence-electron chi connectivity index (χ3n) is 3.20. The Morgan fingerprint density at radius 2 is 1.73 bits per heavy atom. The summed E-state index contributed by atoms with van der Waals surface area (Å²) in [5.41, 5.74) is 2.30. The Kier molecular flexibility index (Phi) is 4.21. The molecule has 109 valence electrons. The second kappa shape index (κ2) is 6.45. The Morgan fingerprint density at radius 3 is 2.45 bits per heavy atom. The molecule has 0 saturated heterocycles. The van der Waals surface area contributed by atoms with E-state index < -0.39 is 0 Å². The molecule has 1 N–H and O–H groups in total. The van der Waals surface area contributed by atoms with E-state index in [0.29, 0.717) is 28.6 Å². The molecule has 1 radical (unpaired) electrons. The van der Waals surface area contributed by atoms with Gasteiger partial charge in [-0.15, -0.1) is 0 Å². The highest BCUT2D eigenvalue weighted by Crippen LogP contribution is 2.31. The van der Waals surface area contributed by atoms with E-state index in [1.54, 1.807) is 24.5 Å². The fourth-order valence-electron chi connectivity index (χ4n) is 2.06. The Balaban J connectivity index is 1.74. The first-order valence-corrected chi connectivity index (χ1v) is 7.17. The summed E-state index contributed by atoms with van der Waals surface area (Å²) < 4.78 is 0. The Morgan fingerprint density at radius 1 is 1.00 bits per heavy atom. The topological polar surface area (TPSA) is 57.7 Å². The third kappa shape index (κ3) is 3.35. The summed E-state index contributed by atoms with van der Waals surface area (Å²) in [7, 11) is 0. The van der Waals surface area contributed by atoms with Crippen LogP contribution in [0.25, 0.3) is 11.1 Å². The summed E-state index contributed by atoms with van der Waals surface area (Å²) in [6.45, 7) is 0.643. The molecule has 0 aliphatic rings. The molecule has 1 aromatic heterocycles. The summed E-state index contributed by atoms with van der Waals surface area (Å²) in [6.07, 6.45) is 3.24. The number of benzene rings is 2. The van der Waals surface area contributed by atoms with Crippen LogP contribution < -0.4 is 5.32 Å². The molecule has 3 aromatic rings. The van der Waals surface area contributed by atoms with Gasteiger partial charge in [-0.2, -0.15) is 0 Å². The lowest BCUT2D eigenvalue weighted by Crippen LogP contribution is -2.03. The maximum absolute atomic E-state index is 11.8. The molecular weight excluding hydrogens is 298 g/mol. The number of nitrogens with zero attached hydrogens (tertiary/aromatic N) is 2. The van der Waals surface area contributed by atoms with Gasteiger partial charge in [-0.1, -0.05) is 41.9 Å². The highest BCUT2D eigenvalue weighted by molar-refractivity contribution is 6.30. The van der Waals surface area contributed by atoms with Crippen molar-refractivity contribution in [3.63, 3.8) is 0 Å². The molecule has 0 aliphatic carbocycles. The minimum Gasteiger partial charge on any atom is -0.350 e. The zero-order chi connectivity index (χ0) is 15.4. The molecule has 0 unspecified atom stereocenters. The molecule has 5 heteroatoms. The molecule has 0 saturated carbocycles. The minimum atomic E-state index is -0.0991. The number of anilines is 1. The minimum absolute atomic E-state index is 0.0991. The Labute approximate surface area is 133 Å². The van der Waals surface area contributed by atoms with E-state index in [2.05, 4.69) is 15.3 Å². The maximum atomic E-state index is 11.8. The summed E-state index contributed by atoms with van der Waals surface area (Å²) in [6, 6.07) is 14.6. The molecule has 1 heterocycles. The summed E-state index contributed by atoms with van der Waals surface area (Å²) >= 11 is 5.92. The van der Waals surface area contributed by atoms with Crippen LogP contribution in [0.4, 0.5) is 5.95 Å². The van der Waals surface area contributed by atoms with Gasteiger partial charge in [-0.05, 0) is 23.8 Å². The van der Waals surface area contributed by atoms with Crippen molar-refractivity contribution in [3.05, 3.63) is 71.5 Å². The zero-order valence-electron chi connectivity index (χ0n) is 11.7. The van der Waals surface area contributed by atoms with Gasteiger partial charge in [0.25, 0.3) is 0 Å². The zero-order valence-corrected chi connectivity index (χ0v) is 12.4. The molecule has 3 rings (SSSR count). The van der Waals surface area contributed by atoms with E-state index in [1.165, 1.54) is 6.07 Å². The number of rotatable bonds is 4. The van der Waals surface area contributed by atoms with Gasteiger partial charge in [0.1, 0.15) is 0 Å². The predicted octanol–water partition coefficient (Wildman–Crippen LogP) is 4.55. The van der Waals surface area contributed by atoms with Crippen molar-refractivity contribution >= 4 is 17.5 Å². The largest absolute Gasteiger partial charge is 0.350 e. The van der Waals surface area contributed by atoms with Crippen LogP contribution in [-0.2, 0) is 11.7 Å². The van der Waals surface area contributed by atoms with Crippen molar-refractivity contribution in [1.82, 2.24) is 9.97 Å². The van der Waals surface area contributed by atoms with E-state index in [0.717, 1.165) is 5.56 Å². The van der Waals surface area contributed by atoms with Gasteiger partial charge >= 0.3 is 0 Å². The van der Waals surface area contributed by atoms with Crippen LogP contribution >= 0.6 is 11.6 Å². The lowest BCUT2D eigenvalue weighted by Gasteiger charge is -2.06. The average Bonchev–Trinajstić information content (AvgIpc) is 2.57. The van der Waals surface area contributed by atoms with E-state index >= 15 is 0 Å². The summed E-state index contributed by atoms with van der Waals surface area (Å²) in [4.78, 5) is 8.47. The van der Waals surface area contributed by atoms with Crippen LogP contribution in [0.15, 0.2) is 60.9 Å². The highest BCUT2D eigenvalue weighted by Gasteiger charge is 2.08. The van der Waals surface area contributed by atoms with E-state index in [4.69, 9.17) is 11.6 Å². The molecule has 0 spiro atoms. The molecule has 0 bridgehead atoms. The molecule has 0 amide bonds. The predicted molar refractivity (Wildman–Crippen MR) is 86.4 cm³/mol. The maximum Gasteiger partial charge on any atom is 0.222 e. The normalized spacial score (nSPS) is 10.4. The van der Waals surface area contributed by atoms with Gasteiger partial charge in [-0.3, -0.25) is 5.11 Å². The quantitative estimate of drug-likeness (QED) is 0.769. The fraction of sp³-hybridized carbons (Fsp3) is 0.0588. The van der Waals surface area contributed by atoms with Crippen LogP contribution in [0, 0.1) is 0 Å². The molecule has 0 atom stereocenters. The molecule has 0 fully saturated rings. The molecule has 4 nitrogen and oxygen atoms in total. The molecule has 2 aromatic carbocycles. The first-order valence-electron chi connectivity index (χ1n) is 6.79. The number of aromatic nitrogens is 2. The van der Waals surface area contributed by atoms with Gasteiger partial charge in [0.15, 0.2) is 5.75 Å². The lowest BCUT2D eigenvalue weighted by atomic mass is 10.1.